The summed E-state index contributed by atoms with van der Waals surface area (Å²) in [5.41, 5.74) is 4.72. The van der Waals surface area contributed by atoms with Crippen LogP contribution in [0, 0.1) is 16.6 Å². The summed E-state index contributed by atoms with van der Waals surface area (Å²) in [5.74, 6) is -3.14. The normalized spacial score (nSPS) is 15.5. The minimum Gasteiger partial charge on any atom is -0.481 e. The number of nitrogens with two attached hydrogens (primary N) is 1. The molecule has 1 aliphatic heterocycles. The average Bonchev–Trinajstić information content (AvgIpc) is 3.37. The van der Waals surface area contributed by atoms with E-state index in [0.29, 0.717) is 19.4 Å². The third-order valence-electron chi connectivity index (χ3n) is 5.55. The molecule has 0 radical (unpaired) electrons. The molecular formula is C23H27ClFN3O5S. The van der Waals surface area contributed by atoms with Gasteiger partial charge in [0.1, 0.15) is 10.7 Å². The van der Waals surface area contributed by atoms with E-state index in [1.807, 2.05) is 0 Å². The number of nitrogen functional groups attached to an aromatic ring is 1. The summed E-state index contributed by atoms with van der Waals surface area (Å²) < 4.78 is 19.3. The molecule has 11 heteroatoms. The minimum atomic E-state index is -0.925. The Morgan fingerprint density at radius 3 is 2.62 bits per heavy atom. The van der Waals surface area contributed by atoms with Gasteiger partial charge in [0.2, 0.25) is 5.91 Å². The third-order valence-corrected chi connectivity index (χ3v) is 6.62. The lowest BCUT2D eigenvalue weighted by Crippen LogP contribution is -2.45. The first kappa shape index (κ1) is 27.3. The predicted molar refractivity (Wildman–Crippen MR) is 128 cm³/mol. The highest BCUT2D eigenvalue weighted by atomic mass is 35.5. The maximum Gasteiger partial charge on any atom is 0.353 e. The van der Waals surface area contributed by atoms with Crippen molar-refractivity contribution in [3.05, 3.63) is 51.5 Å². The van der Waals surface area contributed by atoms with Gasteiger partial charge in [-0.2, -0.15) is 0 Å². The summed E-state index contributed by atoms with van der Waals surface area (Å²) >= 11 is 1.16. The Morgan fingerprint density at radius 1 is 1.29 bits per heavy atom. The fourth-order valence-corrected chi connectivity index (χ4v) is 5.01. The Kier molecular flexibility index (Phi) is 8.79. The van der Waals surface area contributed by atoms with Crippen molar-refractivity contribution in [2.75, 3.05) is 6.54 Å². The maximum absolute atomic E-state index is 14.2. The van der Waals surface area contributed by atoms with Gasteiger partial charge in [-0.3, -0.25) is 15.0 Å². The molecule has 1 aromatic heterocycles. The molecule has 0 aliphatic carbocycles. The van der Waals surface area contributed by atoms with E-state index in [0.717, 1.165) is 28.7 Å². The molecule has 1 aliphatic rings. The molecule has 0 saturated carbocycles. The van der Waals surface area contributed by atoms with Crippen LogP contribution in [0.1, 0.15) is 53.2 Å². The number of esters is 1. The van der Waals surface area contributed by atoms with Gasteiger partial charge in [-0.1, -0.05) is 13.8 Å². The number of amides is 1. The largest absolute Gasteiger partial charge is 0.481 e. The number of ether oxygens (including phenoxy) is 1. The highest BCUT2D eigenvalue weighted by molar-refractivity contribution is 7.14. The van der Waals surface area contributed by atoms with Crippen molar-refractivity contribution >= 4 is 47.4 Å². The molecule has 34 heavy (non-hydrogen) atoms. The number of nitrogens with zero attached hydrogens (tertiary/aromatic N) is 1. The van der Waals surface area contributed by atoms with Crippen molar-refractivity contribution < 1.29 is 28.6 Å². The molecule has 3 rings (SSSR count). The Labute approximate surface area is 206 Å². The third kappa shape index (κ3) is 6.32. The number of carbonyl (C=O) groups is 3. The summed E-state index contributed by atoms with van der Waals surface area (Å²) in [7, 11) is 0. The van der Waals surface area contributed by atoms with Gasteiger partial charge in [-0.05, 0) is 49.6 Å². The van der Waals surface area contributed by atoms with Gasteiger partial charge in [0.25, 0.3) is 0 Å². The topological polar surface area (TPSA) is 134 Å². The van der Waals surface area contributed by atoms with E-state index in [1.165, 1.54) is 12.1 Å². The van der Waals surface area contributed by atoms with Crippen molar-refractivity contribution in [1.82, 2.24) is 4.90 Å². The smallest absolute Gasteiger partial charge is 0.353 e. The number of halogens is 2. The highest BCUT2D eigenvalue weighted by Crippen LogP contribution is 2.32. The molecule has 0 bridgehead atoms. The van der Waals surface area contributed by atoms with E-state index in [1.54, 1.807) is 30.9 Å². The molecule has 8 nitrogen and oxygen atoms in total. The minimum absolute atomic E-state index is 0. The van der Waals surface area contributed by atoms with E-state index in [4.69, 9.17) is 21.0 Å². The zero-order chi connectivity index (χ0) is 24.3. The molecule has 1 amide bonds. The number of carboxylic acid groups (broad SMARTS) is 1. The Morgan fingerprint density at radius 2 is 2.00 bits per heavy atom. The van der Waals surface area contributed by atoms with Crippen molar-refractivity contribution in [3.8, 4) is 5.75 Å². The fourth-order valence-electron chi connectivity index (χ4n) is 3.90. The molecule has 1 fully saturated rings. The van der Waals surface area contributed by atoms with Crippen LogP contribution in [0.5, 0.6) is 5.75 Å². The van der Waals surface area contributed by atoms with Crippen LogP contribution in [-0.4, -0.2) is 46.3 Å². The summed E-state index contributed by atoms with van der Waals surface area (Å²) in [6.45, 7) is 4.14. The standard InChI is InChI=1S/C23H26FN3O5S.ClH/c1-23(2,22(31)27-9-3-4-14(27)11-19(28)29)12-15-6-8-18(33-15)21(30)32-17-7-5-13(20(25)26)10-16(17)24;/h5-8,10,14H,3-4,9,11-12H2,1-2H3,(H3,25,26)(H,28,29);1H/t14-;/m0./s1. The number of benzene rings is 1. The molecule has 1 aromatic carbocycles. The van der Waals surface area contributed by atoms with Crippen LogP contribution in [0.3, 0.4) is 0 Å². The molecular weight excluding hydrogens is 485 g/mol. The first-order valence-corrected chi connectivity index (χ1v) is 11.3. The van der Waals surface area contributed by atoms with Crippen LogP contribution in [0.15, 0.2) is 30.3 Å². The second kappa shape index (κ2) is 11.0. The Balaban J connectivity index is 0.00000408. The number of carbonyl (C=O) groups excluding carboxylic acids is 2. The summed E-state index contributed by atoms with van der Waals surface area (Å²) in [4.78, 5) is 39.4. The highest BCUT2D eigenvalue weighted by Gasteiger charge is 2.38. The summed E-state index contributed by atoms with van der Waals surface area (Å²) in [6.07, 6.45) is 1.74. The number of hydrogen-bond donors (Lipinski definition) is 3. The second-order valence-electron chi connectivity index (χ2n) is 8.67. The molecule has 184 valence electrons. The number of rotatable bonds is 8. The second-order valence-corrected chi connectivity index (χ2v) is 9.84. The Hall–Kier alpha value is -2.98. The van der Waals surface area contributed by atoms with E-state index < -0.39 is 23.2 Å². The van der Waals surface area contributed by atoms with Crippen LogP contribution in [-0.2, 0) is 16.0 Å². The predicted octanol–water partition coefficient (Wildman–Crippen LogP) is 3.85. The molecule has 2 heterocycles. The van der Waals surface area contributed by atoms with E-state index in [2.05, 4.69) is 0 Å². The molecule has 2 aromatic rings. The Bertz CT molecular complexity index is 1100. The first-order chi connectivity index (χ1) is 15.5. The van der Waals surface area contributed by atoms with Crippen LogP contribution in [0.25, 0.3) is 0 Å². The van der Waals surface area contributed by atoms with E-state index >= 15 is 0 Å². The quantitative estimate of drug-likeness (QED) is 0.213. The summed E-state index contributed by atoms with van der Waals surface area (Å²) in [5, 5.41) is 16.4. The number of likely N-dealkylation sites (tertiary alicyclic amines) is 1. The number of amidine groups is 1. The van der Waals surface area contributed by atoms with Gasteiger partial charge >= 0.3 is 11.9 Å². The molecule has 0 unspecified atom stereocenters. The van der Waals surface area contributed by atoms with Crippen LogP contribution < -0.4 is 10.5 Å². The van der Waals surface area contributed by atoms with Gasteiger partial charge in [0.15, 0.2) is 11.6 Å². The van der Waals surface area contributed by atoms with Crippen molar-refractivity contribution in [1.29, 1.82) is 5.41 Å². The van der Waals surface area contributed by atoms with Gasteiger partial charge in [0.05, 0.1) is 6.42 Å². The number of hydrogen-bond acceptors (Lipinski definition) is 6. The first-order valence-electron chi connectivity index (χ1n) is 10.5. The number of aliphatic carboxylic acids is 1. The van der Waals surface area contributed by atoms with Gasteiger partial charge in [0, 0.05) is 28.4 Å². The van der Waals surface area contributed by atoms with Gasteiger partial charge in [-0.15, -0.1) is 23.7 Å². The molecule has 1 atom stereocenters. The average molecular weight is 512 g/mol. The number of thiophene rings is 1. The lowest BCUT2D eigenvalue weighted by Gasteiger charge is -2.32. The SMILES string of the molecule is CC(C)(Cc1ccc(C(=O)Oc2ccc(C(=N)N)cc2F)s1)C(=O)N1CCC[C@H]1CC(=O)O.Cl. The van der Waals surface area contributed by atoms with Crippen LogP contribution >= 0.6 is 23.7 Å². The fraction of sp³-hybridized carbons (Fsp3) is 0.391. The zero-order valence-electron chi connectivity index (χ0n) is 18.8. The van der Waals surface area contributed by atoms with Crippen LogP contribution in [0.4, 0.5) is 4.39 Å². The zero-order valence-corrected chi connectivity index (χ0v) is 20.4. The maximum atomic E-state index is 14.2. The van der Waals surface area contributed by atoms with E-state index in [-0.39, 0.29) is 52.8 Å². The molecule has 0 spiro atoms. The lowest BCUT2D eigenvalue weighted by atomic mass is 9.86. The van der Waals surface area contributed by atoms with Crippen molar-refractivity contribution in [3.63, 3.8) is 0 Å². The lowest BCUT2D eigenvalue weighted by molar-refractivity contribution is -0.144. The molecule has 1 saturated heterocycles. The van der Waals surface area contributed by atoms with E-state index in [9.17, 15) is 18.8 Å². The monoisotopic (exact) mass is 511 g/mol. The van der Waals surface area contributed by atoms with Gasteiger partial charge < -0.3 is 20.5 Å². The summed E-state index contributed by atoms with van der Waals surface area (Å²) in [6, 6.07) is 6.64. The van der Waals surface area contributed by atoms with Gasteiger partial charge in [-0.25, -0.2) is 9.18 Å². The van der Waals surface area contributed by atoms with Crippen molar-refractivity contribution in [2.24, 2.45) is 11.1 Å². The van der Waals surface area contributed by atoms with Crippen LogP contribution in [0.2, 0.25) is 0 Å². The number of carboxylic acids is 1. The number of nitrogens with one attached hydrogen (secondary N) is 1. The molecule has 4 N–H and O–H groups in total. The van der Waals surface area contributed by atoms with Crippen molar-refractivity contribution in [2.45, 2.75) is 45.6 Å².